The molecule has 0 spiro atoms. The van der Waals surface area contributed by atoms with Crippen LogP contribution in [0, 0.1) is 0 Å². The van der Waals surface area contributed by atoms with Crippen molar-refractivity contribution in [1.82, 2.24) is 0 Å². The van der Waals surface area contributed by atoms with Crippen molar-refractivity contribution in [2.75, 3.05) is 0 Å². The molecule has 0 aliphatic carbocycles. The van der Waals surface area contributed by atoms with Crippen LogP contribution in [0.5, 0.6) is 0 Å². The second-order valence-electron chi connectivity index (χ2n) is 2.00. The third-order valence-corrected chi connectivity index (χ3v) is 0. The minimum atomic E-state index is -7.61. The van der Waals surface area contributed by atoms with E-state index < -0.39 is 4.78 Å². The molecule has 0 aromatic rings. The van der Waals surface area contributed by atoms with Gasteiger partial charge >= 0.3 is 72.9 Å². The van der Waals surface area contributed by atoms with Gasteiger partial charge in [0.25, 0.3) is 0 Å². The SMILES string of the molecule is O.[AlH3].[Cl][Zr]([Cl])([Cl])([Cl])([Cl])([Cl])([Cl])[Cl]. The summed E-state index contributed by atoms with van der Waals surface area (Å²) in [5, 5.41) is 0. The zero-order chi connectivity index (χ0) is 8.35. The molecular weight excluding hydrogens is 418 g/mol. The second-order valence-corrected chi connectivity index (χ2v) is 106. The Bertz CT molecular complexity index is 149. The number of halogens is 8. The van der Waals surface area contributed by atoms with Gasteiger partial charge in [-0.15, -0.1) is 0 Å². The minimum absolute atomic E-state index is 0. The van der Waals surface area contributed by atoms with E-state index in [2.05, 4.69) is 0 Å². The third-order valence-electron chi connectivity index (χ3n) is 0. The van der Waals surface area contributed by atoms with E-state index in [-0.39, 0.29) is 22.8 Å². The molecule has 0 aromatic carbocycles. The van der Waals surface area contributed by atoms with Gasteiger partial charge in [-0.25, -0.2) is 0 Å². The summed E-state index contributed by atoms with van der Waals surface area (Å²) in [6, 6.07) is 0. The number of hydrogen-bond donors (Lipinski definition) is 0. The van der Waals surface area contributed by atoms with Crippen molar-refractivity contribution in [3.05, 3.63) is 0 Å². The normalized spacial score (nSPS) is 25.5. The van der Waals surface area contributed by atoms with Crippen LogP contribution in [-0.2, 0) is 4.78 Å². The van der Waals surface area contributed by atoms with Gasteiger partial charge in [-0.2, -0.15) is 0 Å². The first-order valence-corrected chi connectivity index (χ1v) is 26.8. The first-order chi connectivity index (χ1) is 2.83. The summed E-state index contributed by atoms with van der Waals surface area (Å²) >= 11 is 0. The van der Waals surface area contributed by atoms with Crippen molar-refractivity contribution in [2.45, 2.75) is 0 Å². The van der Waals surface area contributed by atoms with Crippen LogP contribution in [0.2, 0.25) is 0 Å². The van der Waals surface area contributed by atoms with Crippen LogP contribution in [0.15, 0.2) is 0 Å². The Balaban J connectivity index is -0.000000320. The maximum atomic E-state index is 5.09. The Morgan fingerprint density at radius 2 is 0.545 bits per heavy atom. The zero-order valence-corrected chi connectivity index (χ0v) is 12.5. The zero-order valence-electron chi connectivity index (χ0n) is 4.02. The van der Waals surface area contributed by atoms with Crippen LogP contribution >= 0.6 is 68.1 Å². The molecule has 0 rings (SSSR count). The van der Waals surface area contributed by atoms with Crippen molar-refractivity contribution in [3.63, 3.8) is 0 Å². The van der Waals surface area contributed by atoms with Crippen LogP contribution in [0.25, 0.3) is 0 Å². The van der Waals surface area contributed by atoms with Gasteiger partial charge in [0.2, 0.25) is 0 Å². The van der Waals surface area contributed by atoms with Gasteiger partial charge in [-0.1, -0.05) is 0 Å². The van der Waals surface area contributed by atoms with Crippen molar-refractivity contribution >= 4 is 85.5 Å². The van der Waals surface area contributed by atoms with E-state index >= 15 is 0 Å². The predicted octanol–water partition coefficient (Wildman–Crippen LogP) is 3.50. The van der Waals surface area contributed by atoms with Crippen molar-refractivity contribution in [1.29, 1.82) is 0 Å². The average Bonchev–Trinajstić information content (AvgIpc) is 0.503. The van der Waals surface area contributed by atoms with Crippen LogP contribution < -0.4 is 0 Å². The summed E-state index contributed by atoms with van der Waals surface area (Å²) in [6.07, 6.45) is 0. The number of rotatable bonds is 0. The summed E-state index contributed by atoms with van der Waals surface area (Å²) in [5.74, 6) is 0. The first-order valence-electron chi connectivity index (χ1n) is 1.51. The fourth-order valence-electron chi connectivity index (χ4n) is 0. The van der Waals surface area contributed by atoms with E-state index in [1.807, 2.05) is 0 Å². The first kappa shape index (κ1) is 20.2. The fourth-order valence-corrected chi connectivity index (χ4v) is 0. The van der Waals surface area contributed by atoms with Gasteiger partial charge in [-0.3, -0.25) is 0 Å². The van der Waals surface area contributed by atoms with Gasteiger partial charge in [0, 0.05) is 0 Å². The second kappa shape index (κ2) is 2.20. The molecule has 0 aliphatic heterocycles. The molecule has 0 saturated heterocycles. The Labute approximate surface area is 93.6 Å². The summed E-state index contributed by atoms with van der Waals surface area (Å²) in [4.78, 5) is -7.61. The molecule has 0 amide bonds. The van der Waals surface area contributed by atoms with E-state index in [1.54, 1.807) is 0 Å². The van der Waals surface area contributed by atoms with Crippen molar-refractivity contribution in [3.8, 4) is 0 Å². The molecule has 0 fully saturated rings. The summed E-state index contributed by atoms with van der Waals surface area (Å²) in [5.41, 5.74) is 0. The van der Waals surface area contributed by atoms with Crippen LogP contribution in [0.1, 0.15) is 0 Å². The molecule has 1 nitrogen and oxygen atoms in total. The molecule has 0 atom stereocenters. The molecule has 2 N–H and O–H groups in total. The van der Waals surface area contributed by atoms with Crippen LogP contribution in [0.4, 0.5) is 0 Å². The Morgan fingerprint density at radius 3 is 0.545 bits per heavy atom. The quantitative estimate of drug-likeness (QED) is 0.535. The monoisotopic (exact) mass is 418 g/mol. The van der Waals surface area contributed by atoms with E-state index in [4.69, 9.17) is 68.1 Å². The van der Waals surface area contributed by atoms with E-state index in [1.165, 1.54) is 0 Å². The molecule has 0 bridgehead atoms. The fraction of sp³-hybridized carbons (Fsp3) is 0. The van der Waals surface area contributed by atoms with Gasteiger partial charge in [-0.05, 0) is 0 Å². The van der Waals surface area contributed by atoms with Gasteiger partial charge in [0.05, 0.1) is 0 Å². The van der Waals surface area contributed by atoms with Crippen molar-refractivity contribution in [2.24, 2.45) is 0 Å². The standard InChI is InChI=1S/Al.8ClH.H2O.Zr.3H/h;8*1H;1H2;;;;/q;;;;;;;;;;+8;;;/p-8. The molecule has 0 radical (unpaired) electrons. The average molecular weight is 423 g/mol. The number of hydrogen-bond acceptors (Lipinski definition) is 0. The van der Waals surface area contributed by atoms with E-state index in [0.29, 0.717) is 0 Å². The molecule has 74 valence electrons. The summed E-state index contributed by atoms with van der Waals surface area (Å²) in [7, 11) is 40.7. The summed E-state index contributed by atoms with van der Waals surface area (Å²) in [6.45, 7) is 0. The Hall–Kier alpha value is 3.70. The van der Waals surface area contributed by atoms with E-state index in [0.717, 1.165) is 0 Å². The molecular formula is H5AlCl8OZr. The maximum absolute atomic E-state index is 7.61. The van der Waals surface area contributed by atoms with Crippen LogP contribution in [0.3, 0.4) is 0 Å². The predicted molar refractivity (Wildman–Crippen MR) is 60.4 cm³/mol. The third kappa shape index (κ3) is 137. The van der Waals surface area contributed by atoms with Crippen LogP contribution in [-0.4, -0.2) is 22.8 Å². The molecule has 11 heteroatoms. The van der Waals surface area contributed by atoms with Gasteiger partial charge < -0.3 is 5.48 Å². The Kier molecular flexibility index (Phi) is 4.03. The molecule has 0 aliphatic rings. The topological polar surface area (TPSA) is 31.5 Å². The summed E-state index contributed by atoms with van der Waals surface area (Å²) < 4.78 is 0. The van der Waals surface area contributed by atoms with E-state index in [9.17, 15) is 0 Å². The molecule has 0 heterocycles. The molecule has 11 heavy (non-hydrogen) atoms. The molecule has 0 unspecified atom stereocenters. The molecule has 0 saturated carbocycles. The van der Waals surface area contributed by atoms with Crippen molar-refractivity contribution < 1.29 is 10.3 Å². The van der Waals surface area contributed by atoms with Gasteiger partial charge in [0.15, 0.2) is 17.4 Å². The molecule has 0 aromatic heterocycles. The van der Waals surface area contributed by atoms with Gasteiger partial charge in [0.1, 0.15) is 0 Å². The Morgan fingerprint density at radius 1 is 0.545 bits per heavy atom.